The van der Waals surface area contributed by atoms with Gasteiger partial charge in [-0.3, -0.25) is 4.79 Å². The van der Waals surface area contributed by atoms with E-state index in [9.17, 15) is 4.79 Å². The standard InChI is InChI=1S/C12H21N3O2/c13-11(14-17)10-7-3-4-8-15(10)12(16)9-5-1-2-6-9/h9-10,17H,1-8H2,(H2,13,14). The van der Waals surface area contributed by atoms with Gasteiger partial charge in [0.2, 0.25) is 5.91 Å². The van der Waals surface area contributed by atoms with E-state index < -0.39 is 0 Å². The minimum atomic E-state index is -0.193. The maximum absolute atomic E-state index is 12.4. The molecule has 3 N–H and O–H groups in total. The largest absolute Gasteiger partial charge is 0.409 e. The van der Waals surface area contributed by atoms with Gasteiger partial charge < -0.3 is 15.8 Å². The minimum Gasteiger partial charge on any atom is -0.409 e. The third-order valence-corrected chi connectivity index (χ3v) is 3.95. The predicted octanol–water partition coefficient (Wildman–Crippen LogP) is 1.30. The maximum atomic E-state index is 12.4. The number of likely N-dealkylation sites (tertiary alicyclic amines) is 1. The van der Waals surface area contributed by atoms with E-state index in [4.69, 9.17) is 10.9 Å². The lowest BCUT2D eigenvalue weighted by molar-refractivity contribution is -0.137. The molecular weight excluding hydrogens is 218 g/mol. The number of piperidine rings is 1. The highest BCUT2D eigenvalue weighted by Crippen LogP contribution is 2.29. The van der Waals surface area contributed by atoms with Gasteiger partial charge in [-0.1, -0.05) is 18.0 Å². The van der Waals surface area contributed by atoms with Crippen LogP contribution in [0.3, 0.4) is 0 Å². The Morgan fingerprint density at radius 3 is 2.47 bits per heavy atom. The first kappa shape index (κ1) is 12.2. The van der Waals surface area contributed by atoms with Crippen molar-refractivity contribution in [1.82, 2.24) is 4.90 Å². The van der Waals surface area contributed by atoms with Gasteiger partial charge in [0.25, 0.3) is 0 Å². The number of amides is 1. The molecule has 1 aliphatic heterocycles. The number of nitrogens with zero attached hydrogens (tertiary/aromatic N) is 2. The average Bonchev–Trinajstić information content (AvgIpc) is 2.91. The van der Waals surface area contributed by atoms with Gasteiger partial charge in [-0.15, -0.1) is 0 Å². The summed E-state index contributed by atoms with van der Waals surface area (Å²) in [5, 5.41) is 11.8. The molecule has 1 unspecified atom stereocenters. The van der Waals surface area contributed by atoms with Gasteiger partial charge in [0.15, 0.2) is 5.84 Å². The highest BCUT2D eigenvalue weighted by molar-refractivity contribution is 5.90. The molecule has 96 valence electrons. The summed E-state index contributed by atoms with van der Waals surface area (Å²) < 4.78 is 0. The van der Waals surface area contributed by atoms with Crippen molar-refractivity contribution < 1.29 is 10.0 Å². The summed E-state index contributed by atoms with van der Waals surface area (Å²) in [6.07, 6.45) is 7.17. The first-order chi connectivity index (χ1) is 8.24. The number of carbonyl (C=O) groups excluding carboxylic acids is 1. The highest BCUT2D eigenvalue weighted by atomic mass is 16.4. The lowest BCUT2D eigenvalue weighted by Gasteiger charge is -2.36. The second-order valence-corrected chi connectivity index (χ2v) is 5.05. The molecule has 17 heavy (non-hydrogen) atoms. The fourth-order valence-electron chi connectivity index (χ4n) is 2.98. The Kier molecular flexibility index (Phi) is 3.86. The summed E-state index contributed by atoms with van der Waals surface area (Å²) in [4.78, 5) is 14.2. The van der Waals surface area contributed by atoms with E-state index in [2.05, 4.69) is 5.16 Å². The van der Waals surface area contributed by atoms with E-state index in [-0.39, 0.29) is 23.7 Å². The van der Waals surface area contributed by atoms with Crippen molar-refractivity contribution in [1.29, 1.82) is 0 Å². The van der Waals surface area contributed by atoms with E-state index in [1.807, 2.05) is 4.90 Å². The molecule has 0 aromatic rings. The molecule has 0 aromatic carbocycles. The van der Waals surface area contributed by atoms with E-state index in [0.717, 1.165) is 51.5 Å². The number of oxime groups is 1. The second-order valence-electron chi connectivity index (χ2n) is 5.05. The molecule has 5 nitrogen and oxygen atoms in total. The molecule has 2 aliphatic rings. The lowest BCUT2D eigenvalue weighted by atomic mass is 9.97. The molecule has 1 saturated carbocycles. The van der Waals surface area contributed by atoms with E-state index in [0.29, 0.717) is 0 Å². The van der Waals surface area contributed by atoms with Gasteiger partial charge >= 0.3 is 0 Å². The number of nitrogens with two attached hydrogens (primary N) is 1. The molecule has 0 bridgehead atoms. The van der Waals surface area contributed by atoms with Gasteiger partial charge in [0, 0.05) is 12.5 Å². The van der Waals surface area contributed by atoms with Crippen LogP contribution in [0.15, 0.2) is 5.16 Å². The first-order valence-corrected chi connectivity index (χ1v) is 6.52. The van der Waals surface area contributed by atoms with Crippen LogP contribution in [0.1, 0.15) is 44.9 Å². The third kappa shape index (κ3) is 2.53. The molecule has 0 aromatic heterocycles. The average molecular weight is 239 g/mol. The summed E-state index contributed by atoms with van der Waals surface area (Å²) in [6.45, 7) is 0.746. The Morgan fingerprint density at radius 1 is 1.18 bits per heavy atom. The zero-order valence-corrected chi connectivity index (χ0v) is 10.1. The van der Waals surface area contributed by atoms with Gasteiger partial charge in [-0.05, 0) is 32.1 Å². The fourth-order valence-corrected chi connectivity index (χ4v) is 2.98. The molecule has 2 fully saturated rings. The smallest absolute Gasteiger partial charge is 0.226 e. The van der Waals surface area contributed by atoms with Crippen molar-refractivity contribution in [2.24, 2.45) is 16.8 Å². The zero-order chi connectivity index (χ0) is 12.3. The van der Waals surface area contributed by atoms with Gasteiger partial charge in [0.05, 0.1) is 6.04 Å². The Hall–Kier alpha value is -1.26. The van der Waals surface area contributed by atoms with Crippen molar-refractivity contribution in [3.05, 3.63) is 0 Å². The summed E-state index contributed by atoms with van der Waals surface area (Å²) >= 11 is 0. The Labute approximate surface area is 102 Å². The van der Waals surface area contributed by atoms with Crippen molar-refractivity contribution in [2.45, 2.75) is 51.0 Å². The van der Waals surface area contributed by atoms with E-state index >= 15 is 0 Å². The Bertz CT molecular complexity index is 311. The van der Waals surface area contributed by atoms with Crippen molar-refractivity contribution in [3.8, 4) is 0 Å². The normalized spacial score (nSPS) is 27.4. The minimum absolute atomic E-state index is 0.169. The van der Waals surface area contributed by atoms with Crippen LogP contribution in [-0.2, 0) is 4.79 Å². The van der Waals surface area contributed by atoms with E-state index in [1.54, 1.807) is 0 Å². The second kappa shape index (κ2) is 5.38. The number of rotatable bonds is 2. The Morgan fingerprint density at radius 2 is 1.82 bits per heavy atom. The molecule has 5 heteroatoms. The van der Waals surface area contributed by atoms with Crippen LogP contribution < -0.4 is 5.73 Å². The SMILES string of the molecule is NC(=NO)C1CCCCN1C(=O)C1CCCC1. The Balaban J connectivity index is 2.07. The summed E-state index contributed by atoms with van der Waals surface area (Å²) in [5.41, 5.74) is 5.68. The number of hydrogen-bond acceptors (Lipinski definition) is 3. The summed E-state index contributed by atoms with van der Waals surface area (Å²) in [7, 11) is 0. The highest BCUT2D eigenvalue weighted by Gasteiger charge is 2.34. The van der Waals surface area contributed by atoms with Crippen LogP contribution in [-0.4, -0.2) is 34.4 Å². The van der Waals surface area contributed by atoms with Crippen molar-refractivity contribution in [3.63, 3.8) is 0 Å². The summed E-state index contributed by atoms with van der Waals surface area (Å²) in [5.74, 6) is 0.553. The lowest BCUT2D eigenvalue weighted by Crippen LogP contribution is -2.52. The molecular formula is C12H21N3O2. The number of carbonyl (C=O) groups is 1. The summed E-state index contributed by atoms with van der Waals surface area (Å²) in [6, 6.07) is -0.193. The third-order valence-electron chi connectivity index (χ3n) is 3.95. The molecule has 1 atom stereocenters. The molecule has 0 radical (unpaired) electrons. The fraction of sp³-hybridized carbons (Fsp3) is 0.833. The molecule has 1 saturated heterocycles. The van der Waals surface area contributed by atoms with Crippen LogP contribution in [0.5, 0.6) is 0 Å². The topological polar surface area (TPSA) is 78.9 Å². The predicted molar refractivity (Wildman–Crippen MR) is 64.7 cm³/mol. The van der Waals surface area contributed by atoms with Crippen LogP contribution in [0.25, 0.3) is 0 Å². The first-order valence-electron chi connectivity index (χ1n) is 6.52. The van der Waals surface area contributed by atoms with Crippen LogP contribution in [0.2, 0.25) is 0 Å². The van der Waals surface area contributed by atoms with Crippen LogP contribution in [0.4, 0.5) is 0 Å². The zero-order valence-electron chi connectivity index (χ0n) is 10.1. The van der Waals surface area contributed by atoms with Crippen molar-refractivity contribution in [2.75, 3.05) is 6.54 Å². The number of amidine groups is 1. The van der Waals surface area contributed by atoms with E-state index in [1.165, 1.54) is 0 Å². The maximum Gasteiger partial charge on any atom is 0.226 e. The molecule has 2 rings (SSSR count). The molecule has 1 aliphatic carbocycles. The van der Waals surface area contributed by atoms with Crippen LogP contribution >= 0.6 is 0 Å². The van der Waals surface area contributed by atoms with Crippen LogP contribution in [0, 0.1) is 5.92 Å². The molecule has 1 heterocycles. The van der Waals surface area contributed by atoms with Gasteiger partial charge in [0.1, 0.15) is 0 Å². The van der Waals surface area contributed by atoms with Crippen molar-refractivity contribution >= 4 is 11.7 Å². The monoisotopic (exact) mass is 239 g/mol. The number of hydrogen-bond donors (Lipinski definition) is 2. The molecule has 1 amide bonds. The molecule has 0 spiro atoms. The quantitative estimate of drug-likeness (QED) is 0.330. The van der Waals surface area contributed by atoms with Gasteiger partial charge in [-0.2, -0.15) is 0 Å². The van der Waals surface area contributed by atoms with Gasteiger partial charge in [-0.25, -0.2) is 0 Å².